The summed E-state index contributed by atoms with van der Waals surface area (Å²) in [7, 11) is 1.54. The van der Waals surface area contributed by atoms with Crippen molar-refractivity contribution in [3.8, 4) is 0 Å². The molecule has 1 N–H and O–H groups in total. The van der Waals surface area contributed by atoms with Gasteiger partial charge in [0.25, 0.3) is 0 Å². The number of rotatable bonds is 4. The van der Waals surface area contributed by atoms with Gasteiger partial charge in [0.15, 0.2) is 0 Å². The number of halogens is 1. The predicted molar refractivity (Wildman–Crippen MR) is 81.1 cm³/mol. The molecule has 0 aromatic heterocycles. The molecule has 6 heteroatoms. The van der Waals surface area contributed by atoms with E-state index in [1.54, 1.807) is 0 Å². The summed E-state index contributed by atoms with van der Waals surface area (Å²) < 4.78 is 6.14. The first kappa shape index (κ1) is 16.0. The molecule has 1 saturated heterocycles. The average Bonchev–Trinajstić information content (AvgIpc) is 2.87. The van der Waals surface area contributed by atoms with Crippen LogP contribution in [0.15, 0.2) is 22.7 Å². The maximum Gasteiger partial charge on any atom is 0.326 e. The summed E-state index contributed by atoms with van der Waals surface area (Å²) in [6, 6.07) is 4.92. The predicted octanol–water partition coefficient (Wildman–Crippen LogP) is 2.00. The fraction of sp³-hybridized carbons (Fsp3) is 0.467. The van der Waals surface area contributed by atoms with Gasteiger partial charge in [-0.3, -0.25) is 4.79 Å². The van der Waals surface area contributed by atoms with Crippen LogP contribution in [0.5, 0.6) is 0 Å². The summed E-state index contributed by atoms with van der Waals surface area (Å²) in [6.07, 6.45) is 0.327. The third-order valence-electron chi connectivity index (χ3n) is 3.79. The van der Waals surface area contributed by atoms with E-state index in [0.29, 0.717) is 13.0 Å². The van der Waals surface area contributed by atoms with Crippen molar-refractivity contribution in [2.45, 2.75) is 31.9 Å². The van der Waals surface area contributed by atoms with Crippen molar-refractivity contribution in [2.75, 3.05) is 13.7 Å². The summed E-state index contributed by atoms with van der Waals surface area (Å²) in [5, 5.41) is 9.24. The average molecular weight is 356 g/mol. The number of hydrogen-bond acceptors (Lipinski definition) is 3. The number of carbonyl (C=O) groups excluding carboxylic acids is 1. The van der Waals surface area contributed by atoms with E-state index in [9.17, 15) is 14.7 Å². The minimum atomic E-state index is -0.979. The molecule has 2 rings (SSSR count). The summed E-state index contributed by atoms with van der Waals surface area (Å²) >= 11 is 3.44. The molecule has 1 aliphatic heterocycles. The van der Waals surface area contributed by atoms with Gasteiger partial charge in [-0.05, 0) is 24.1 Å². The van der Waals surface area contributed by atoms with Crippen LogP contribution in [0, 0.1) is 6.92 Å². The molecule has 1 fully saturated rings. The van der Waals surface area contributed by atoms with Crippen molar-refractivity contribution in [3.05, 3.63) is 33.8 Å². The van der Waals surface area contributed by atoms with E-state index in [4.69, 9.17) is 4.74 Å². The highest BCUT2D eigenvalue weighted by atomic mass is 79.9. The molecule has 114 valence electrons. The number of nitrogens with zero attached hydrogens (tertiary/aromatic N) is 1. The van der Waals surface area contributed by atoms with Gasteiger partial charge >= 0.3 is 5.97 Å². The van der Waals surface area contributed by atoms with Gasteiger partial charge < -0.3 is 14.7 Å². The van der Waals surface area contributed by atoms with Crippen LogP contribution in [0.2, 0.25) is 0 Å². The number of ether oxygens (including phenoxy) is 1. The molecule has 2 atom stereocenters. The first-order chi connectivity index (χ1) is 9.92. The highest BCUT2D eigenvalue weighted by Crippen LogP contribution is 2.23. The molecular formula is C15H18BrNO4. The van der Waals surface area contributed by atoms with Gasteiger partial charge in [0, 0.05) is 24.5 Å². The summed E-state index contributed by atoms with van der Waals surface area (Å²) in [6.45, 7) is 2.30. The minimum Gasteiger partial charge on any atom is -0.480 e. The SMILES string of the molecule is COC1CC(C(=O)O)N(C(=O)Cc2ccc(C)c(Br)c2)C1. The van der Waals surface area contributed by atoms with Gasteiger partial charge in [0.2, 0.25) is 5.91 Å². The third kappa shape index (κ3) is 3.63. The summed E-state index contributed by atoms with van der Waals surface area (Å²) in [4.78, 5) is 25.1. The lowest BCUT2D eigenvalue weighted by molar-refractivity contribution is -0.148. The third-order valence-corrected chi connectivity index (χ3v) is 4.65. The number of methoxy groups -OCH3 is 1. The van der Waals surface area contributed by atoms with Crippen molar-refractivity contribution < 1.29 is 19.4 Å². The maximum absolute atomic E-state index is 12.4. The zero-order valence-electron chi connectivity index (χ0n) is 12.0. The van der Waals surface area contributed by atoms with Crippen molar-refractivity contribution in [3.63, 3.8) is 0 Å². The van der Waals surface area contributed by atoms with Gasteiger partial charge in [-0.15, -0.1) is 0 Å². The van der Waals surface area contributed by atoms with Gasteiger partial charge in [-0.2, -0.15) is 0 Å². The second-order valence-corrected chi connectivity index (χ2v) is 6.11. The van der Waals surface area contributed by atoms with Crippen LogP contribution in [-0.4, -0.2) is 47.7 Å². The molecule has 1 aromatic rings. The van der Waals surface area contributed by atoms with Crippen LogP contribution < -0.4 is 0 Å². The lowest BCUT2D eigenvalue weighted by Gasteiger charge is -2.21. The molecule has 1 aliphatic rings. The second-order valence-electron chi connectivity index (χ2n) is 5.25. The normalized spacial score (nSPS) is 21.6. The lowest BCUT2D eigenvalue weighted by atomic mass is 10.1. The van der Waals surface area contributed by atoms with E-state index in [0.717, 1.165) is 15.6 Å². The van der Waals surface area contributed by atoms with Crippen LogP contribution in [0.25, 0.3) is 0 Å². The van der Waals surface area contributed by atoms with Crippen molar-refractivity contribution in [1.82, 2.24) is 4.90 Å². The zero-order valence-corrected chi connectivity index (χ0v) is 13.6. The van der Waals surface area contributed by atoms with Crippen LogP contribution in [-0.2, 0) is 20.7 Å². The number of likely N-dealkylation sites (tertiary alicyclic amines) is 1. The second kappa shape index (κ2) is 6.58. The highest BCUT2D eigenvalue weighted by Gasteiger charge is 2.39. The largest absolute Gasteiger partial charge is 0.480 e. The molecule has 5 nitrogen and oxygen atoms in total. The quantitative estimate of drug-likeness (QED) is 0.896. The molecule has 0 saturated carbocycles. The van der Waals surface area contributed by atoms with Crippen LogP contribution >= 0.6 is 15.9 Å². The zero-order chi connectivity index (χ0) is 15.6. The van der Waals surface area contributed by atoms with Crippen LogP contribution in [0.3, 0.4) is 0 Å². The van der Waals surface area contributed by atoms with Crippen molar-refractivity contribution in [1.29, 1.82) is 0 Å². The molecule has 1 amide bonds. The van der Waals surface area contributed by atoms with Gasteiger partial charge in [-0.1, -0.05) is 28.1 Å². The van der Waals surface area contributed by atoms with Crippen LogP contribution in [0.4, 0.5) is 0 Å². The number of aryl methyl sites for hydroxylation is 1. The highest BCUT2D eigenvalue weighted by molar-refractivity contribution is 9.10. The molecule has 0 spiro atoms. The molecule has 0 bridgehead atoms. The van der Waals surface area contributed by atoms with Crippen molar-refractivity contribution >= 4 is 27.8 Å². The van der Waals surface area contributed by atoms with E-state index >= 15 is 0 Å². The Morgan fingerprint density at radius 1 is 1.48 bits per heavy atom. The first-order valence-corrected chi connectivity index (χ1v) is 7.51. The van der Waals surface area contributed by atoms with Gasteiger partial charge in [0.05, 0.1) is 12.5 Å². The Kier molecular flexibility index (Phi) is 5.00. The summed E-state index contributed by atoms with van der Waals surface area (Å²) in [5.74, 6) is -1.16. The number of carbonyl (C=O) groups is 2. The Morgan fingerprint density at radius 3 is 2.76 bits per heavy atom. The molecule has 1 aromatic carbocycles. The van der Waals surface area contributed by atoms with Crippen LogP contribution in [0.1, 0.15) is 17.5 Å². The maximum atomic E-state index is 12.4. The Bertz CT molecular complexity index is 561. The fourth-order valence-corrected chi connectivity index (χ4v) is 2.93. The molecule has 21 heavy (non-hydrogen) atoms. The van der Waals surface area contributed by atoms with E-state index < -0.39 is 12.0 Å². The molecule has 0 radical (unpaired) electrons. The molecule has 0 aliphatic carbocycles. The first-order valence-electron chi connectivity index (χ1n) is 6.72. The fourth-order valence-electron chi connectivity index (χ4n) is 2.50. The number of aliphatic carboxylic acids is 1. The van der Waals surface area contributed by atoms with E-state index in [1.165, 1.54) is 12.0 Å². The Morgan fingerprint density at radius 2 is 2.19 bits per heavy atom. The Balaban J connectivity index is 2.11. The summed E-state index contributed by atoms with van der Waals surface area (Å²) in [5.41, 5.74) is 1.96. The van der Waals surface area contributed by atoms with Gasteiger partial charge in [-0.25, -0.2) is 4.79 Å². The smallest absolute Gasteiger partial charge is 0.326 e. The van der Waals surface area contributed by atoms with Crippen molar-refractivity contribution in [2.24, 2.45) is 0 Å². The number of benzene rings is 1. The van der Waals surface area contributed by atoms with E-state index in [2.05, 4.69) is 15.9 Å². The number of carboxylic acid groups (broad SMARTS) is 1. The minimum absolute atomic E-state index is 0.183. The Labute approximate surface area is 132 Å². The molecule has 2 unspecified atom stereocenters. The molecule has 1 heterocycles. The topological polar surface area (TPSA) is 66.8 Å². The number of amides is 1. The van der Waals surface area contributed by atoms with E-state index in [-0.39, 0.29) is 18.4 Å². The number of hydrogen-bond donors (Lipinski definition) is 1. The lowest BCUT2D eigenvalue weighted by Crippen LogP contribution is -2.41. The van der Waals surface area contributed by atoms with Gasteiger partial charge in [0.1, 0.15) is 6.04 Å². The van der Waals surface area contributed by atoms with E-state index in [1.807, 2.05) is 25.1 Å². The monoisotopic (exact) mass is 355 g/mol. The standard InChI is InChI=1S/C15H18BrNO4/c1-9-3-4-10(5-12(9)16)6-14(18)17-8-11(21-2)7-13(17)15(19)20/h3-5,11,13H,6-8H2,1-2H3,(H,19,20). The number of carboxylic acids is 1. The Hall–Kier alpha value is -1.40. The molecular weight excluding hydrogens is 338 g/mol.